The van der Waals surface area contributed by atoms with Crippen LogP contribution in [0.1, 0.15) is 69.2 Å². The number of hydrogen-bond acceptors (Lipinski definition) is 3. The minimum Gasteiger partial charge on any atom is -0.366 e. The largest absolute Gasteiger partial charge is 0.366 e. The summed E-state index contributed by atoms with van der Waals surface area (Å²) in [5.41, 5.74) is 3.69. The summed E-state index contributed by atoms with van der Waals surface area (Å²) in [6.07, 6.45) is 9.44. The van der Waals surface area contributed by atoms with Crippen LogP contribution in [0.2, 0.25) is 0 Å². The quantitative estimate of drug-likeness (QED) is 0.884. The Morgan fingerprint density at radius 3 is 2.67 bits per heavy atom. The molecule has 0 aliphatic heterocycles. The van der Waals surface area contributed by atoms with Crippen LogP contribution in [-0.4, -0.2) is 11.0 Å². The summed E-state index contributed by atoms with van der Waals surface area (Å²) in [4.78, 5) is 4.78. The van der Waals surface area contributed by atoms with Crippen LogP contribution >= 0.6 is 0 Å². The lowest BCUT2D eigenvalue weighted by Gasteiger charge is -2.35. The van der Waals surface area contributed by atoms with Gasteiger partial charge in [0.15, 0.2) is 0 Å². The maximum Gasteiger partial charge on any atom is 0.144 e. The van der Waals surface area contributed by atoms with Gasteiger partial charge < -0.3 is 5.32 Å². The third-order valence-corrected chi connectivity index (χ3v) is 5.10. The molecule has 0 saturated heterocycles. The van der Waals surface area contributed by atoms with Gasteiger partial charge in [-0.1, -0.05) is 13.8 Å². The Morgan fingerprint density at radius 1 is 1.24 bits per heavy atom. The predicted octanol–water partition coefficient (Wildman–Crippen LogP) is 4.21. The van der Waals surface area contributed by atoms with E-state index in [1.165, 1.54) is 49.8 Å². The van der Waals surface area contributed by atoms with Gasteiger partial charge in [-0.25, -0.2) is 4.98 Å². The van der Waals surface area contributed by atoms with E-state index < -0.39 is 0 Å². The zero-order valence-corrected chi connectivity index (χ0v) is 13.2. The van der Waals surface area contributed by atoms with Crippen LogP contribution in [0.5, 0.6) is 0 Å². The van der Waals surface area contributed by atoms with E-state index >= 15 is 0 Å². The second-order valence-corrected chi connectivity index (χ2v) is 7.39. The minimum atomic E-state index is 0.472. The molecule has 0 aromatic carbocycles. The smallest absolute Gasteiger partial charge is 0.144 e. The molecule has 3 rings (SSSR count). The number of fused-ring (bicyclic) bond motifs is 1. The van der Waals surface area contributed by atoms with Crippen molar-refractivity contribution < 1.29 is 0 Å². The fourth-order valence-electron chi connectivity index (χ4n) is 3.57. The number of hydrogen-bond donors (Lipinski definition) is 1. The van der Waals surface area contributed by atoms with Gasteiger partial charge in [0.25, 0.3) is 0 Å². The fraction of sp³-hybridized carbons (Fsp3) is 0.667. The van der Waals surface area contributed by atoms with Crippen LogP contribution in [0.25, 0.3) is 0 Å². The number of nitrogens with one attached hydrogen (secondary N) is 1. The highest BCUT2D eigenvalue weighted by Gasteiger charge is 2.27. The molecule has 112 valence electrons. The van der Waals surface area contributed by atoms with E-state index in [0.717, 1.165) is 24.2 Å². The van der Waals surface area contributed by atoms with Crippen molar-refractivity contribution in [3.05, 3.63) is 22.9 Å². The maximum absolute atomic E-state index is 9.40. The molecule has 0 amide bonds. The average molecular weight is 283 g/mol. The maximum atomic E-state index is 9.40. The van der Waals surface area contributed by atoms with Gasteiger partial charge in [-0.2, -0.15) is 5.26 Å². The average Bonchev–Trinajstić information content (AvgIpc) is 2.48. The van der Waals surface area contributed by atoms with E-state index in [9.17, 15) is 5.26 Å². The van der Waals surface area contributed by atoms with Gasteiger partial charge in [0.2, 0.25) is 0 Å². The molecular formula is C18H25N3. The van der Waals surface area contributed by atoms with Crippen molar-refractivity contribution in [3.8, 4) is 6.07 Å². The van der Waals surface area contributed by atoms with Crippen molar-refractivity contribution in [2.24, 2.45) is 5.41 Å². The van der Waals surface area contributed by atoms with Gasteiger partial charge >= 0.3 is 0 Å². The van der Waals surface area contributed by atoms with Crippen molar-refractivity contribution in [1.82, 2.24) is 4.98 Å². The molecule has 0 spiro atoms. The molecule has 3 heteroatoms. The van der Waals surface area contributed by atoms with Crippen LogP contribution in [0.15, 0.2) is 6.07 Å². The van der Waals surface area contributed by atoms with Gasteiger partial charge in [0, 0.05) is 11.7 Å². The summed E-state index contributed by atoms with van der Waals surface area (Å²) < 4.78 is 0. The van der Waals surface area contributed by atoms with Crippen LogP contribution < -0.4 is 5.32 Å². The monoisotopic (exact) mass is 283 g/mol. The van der Waals surface area contributed by atoms with E-state index in [4.69, 9.17) is 4.98 Å². The van der Waals surface area contributed by atoms with Crippen LogP contribution in [-0.2, 0) is 12.8 Å². The van der Waals surface area contributed by atoms with E-state index in [0.29, 0.717) is 11.5 Å². The Hall–Kier alpha value is -1.56. The summed E-state index contributed by atoms with van der Waals surface area (Å²) in [5.74, 6) is 0.822. The first-order chi connectivity index (χ1) is 10.1. The number of rotatable bonds is 2. The first kappa shape index (κ1) is 14.4. The molecule has 0 atom stereocenters. The Morgan fingerprint density at radius 2 is 1.95 bits per heavy atom. The molecule has 1 aromatic rings. The lowest BCUT2D eigenvalue weighted by molar-refractivity contribution is 0.232. The van der Waals surface area contributed by atoms with Crippen LogP contribution in [0, 0.1) is 16.7 Å². The van der Waals surface area contributed by atoms with Crippen LogP contribution in [0.4, 0.5) is 5.82 Å². The summed E-state index contributed by atoms with van der Waals surface area (Å²) in [5, 5.41) is 13.0. The van der Waals surface area contributed by atoms with Gasteiger partial charge in [0.1, 0.15) is 11.9 Å². The van der Waals surface area contributed by atoms with Crippen LogP contribution in [0.3, 0.4) is 0 Å². The van der Waals surface area contributed by atoms with Gasteiger partial charge in [-0.3, -0.25) is 0 Å². The van der Waals surface area contributed by atoms with E-state index in [-0.39, 0.29) is 0 Å². The Balaban J connectivity index is 1.77. The molecule has 0 radical (unpaired) electrons. The standard InChI is InChI=1S/C18H25N3/c1-18(2)9-7-15(8-10-18)20-17-14(12-19)11-13-5-3-4-6-16(13)21-17/h11,15H,3-10H2,1-2H3,(H,20,21). The molecule has 21 heavy (non-hydrogen) atoms. The van der Waals surface area contributed by atoms with E-state index in [2.05, 4.69) is 31.3 Å². The number of nitriles is 1. The normalized spacial score (nSPS) is 21.4. The summed E-state index contributed by atoms with van der Waals surface area (Å²) in [6, 6.07) is 4.86. The van der Waals surface area contributed by atoms with Gasteiger partial charge in [-0.05, 0) is 68.4 Å². The minimum absolute atomic E-state index is 0.472. The van der Waals surface area contributed by atoms with Crippen molar-refractivity contribution >= 4 is 5.82 Å². The molecule has 1 saturated carbocycles. The Kier molecular flexibility index (Phi) is 3.89. The Labute approximate surface area is 127 Å². The second-order valence-electron chi connectivity index (χ2n) is 7.39. The molecule has 2 aliphatic rings. The number of anilines is 1. The van der Waals surface area contributed by atoms with E-state index in [1.54, 1.807) is 0 Å². The fourth-order valence-corrected chi connectivity index (χ4v) is 3.57. The van der Waals surface area contributed by atoms with E-state index in [1.807, 2.05) is 0 Å². The zero-order chi connectivity index (χ0) is 14.9. The summed E-state index contributed by atoms with van der Waals surface area (Å²) in [6.45, 7) is 4.70. The number of nitrogens with zero attached hydrogens (tertiary/aromatic N) is 2. The molecule has 1 heterocycles. The first-order valence-corrected chi connectivity index (χ1v) is 8.27. The molecule has 0 bridgehead atoms. The topological polar surface area (TPSA) is 48.7 Å². The third kappa shape index (κ3) is 3.20. The lowest BCUT2D eigenvalue weighted by Crippen LogP contribution is -2.30. The summed E-state index contributed by atoms with van der Waals surface area (Å²) in [7, 11) is 0. The van der Waals surface area contributed by atoms with Crippen molar-refractivity contribution in [1.29, 1.82) is 5.26 Å². The molecular weight excluding hydrogens is 258 g/mol. The lowest BCUT2D eigenvalue weighted by atomic mass is 9.75. The highest BCUT2D eigenvalue weighted by Crippen LogP contribution is 2.36. The highest BCUT2D eigenvalue weighted by molar-refractivity contribution is 5.55. The van der Waals surface area contributed by atoms with Gasteiger partial charge in [-0.15, -0.1) is 0 Å². The SMILES string of the molecule is CC1(C)CCC(Nc2nc3c(cc2C#N)CCCC3)CC1. The first-order valence-electron chi connectivity index (χ1n) is 8.27. The summed E-state index contributed by atoms with van der Waals surface area (Å²) >= 11 is 0. The number of aromatic nitrogens is 1. The Bertz CT molecular complexity index is 559. The van der Waals surface area contributed by atoms with Crippen molar-refractivity contribution in [2.45, 2.75) is 71.3 Å². The second kappa shape index (κ2) is 5.67. The number of pyridine rings is 1. The molecule has 1 fully saturated rings. The molecule has 0 unspecified atom stereocenters. The molecule has 2 aliphatic carbocycles. The molecule has 3 nitrogen and oxygen atoms in total. The van der Waals surface area contributed by atoms with Crippen molar-refractivity contribution in [2.75, 3.05) is 5.32 Å². The van der Waals surface area contributed by atoms with Crippen molar-refractivity contribution in [3.63, 3.8) is 0 Å². The van der Waals surface area contributed by atoms with Gasteiger partial charge in [0.05, 0.1) is 5.56 Å². The predicted molar refractivity (Wildman–Crippen MR) is 85.3 cm³/mol. The zero-order valence-electron chi connectivity index (χ0n) is 13.2. The highest BCUT2D eigenvalue weighted by atomic mass is 15.0. The number of aryl methyl sites for hydroxylation is 2. The third-order valence-electron chi connectivity index (χ3n) is 5.10. The molecule has 1 N–H and O–H groups in total. The molecule has 1 aromatic heterocycles.